The van der Waals surface area contributed by atoms with Crippen molar-refractivity contribution >= 4 is 32.8 Å². The van der Waals surface area contributed by atoms with Crippen LogP contribution in [0.3, 0.4) is 0 Å². The Bertz CT molecular complexity index is 593. The van der Waals surface area contributed by atoms with Crippen molar-refractivity contribution in [2.75, 3.05) is 0 Å². The molecule has 82 valence electrons. The molecule has 0 aliphatic heterocycles. The minimum atomic E-state index is -4.34. The Morgan fingerprint density at radius 1 is 1.27 bits per heavy atom. The van der Waals surface area contributed by atoms with Crippen LogP contribution >= 0.6 is 11.6 Å². The topological polar surface area (TPSA) is 130 Å². The van der Waals surface area contributed by atoms with Gasteiger partial charge < -0.3 is 6.15 Å². The number of hydrogen-bond acceptors (Lipinski definition) is 5. The van der Waals surface area contributed by atoms with Gasteiger partial charge in [0.1, 0.15) is 4.90 Å². The highest BCUT2D eigenvalue weighted by atomic mass is 35.5. The summed E-state index contributed by atoms with van der Waals surface area (Å²) in [6.45, 7) is 0. The van der Waals surface area contributed by atoms with Gasteiger partial charge in [0, 0.05) is 0 Å². The van der Waals surface area contributed by atoms with E-state index < -0.39 is 10.1 Å². The van der Waals surface area contributed by atoms with Crippen molar-refractivity contribution in [3.63, 3.8) is 0 Å². The molecule has 7 nitrogen and oxygen atoms in total. The molecule has 0 spiro atoms. The number of aromatic nitrogens is 2. The molecular formula is C6H7ClN3O4S+. The van der Waals surface area contributed by atoms with Gasteiger partial charge in [0.05, 0.1) is 5.02 Å². The standard InChI is InChI=1S/C6H3ClN2O4S.H3N/c7-3-1-2-4(14(10,11)12)6-5(3)8-13-9-6;/h1-2H,(H,10,11,12);1H3/p+1. The van der Waals surface area contributed by atoms with Crippen LogP contribution < -0.4 is 6.15 Å². The SMILES string of the molecule is O=S(=O)(O)c1ccc(Cl)c2nonc12.[NH4+]. The molecule has 5 N–H and O–H groups in total. The van der Waals surface area contributed by atoms with Gasteiger partial charge >= 0.3 is 0 Å². The summed E-state index contributed by atoms with van der Waals surface area (Å²) in [4.78, 5) is -0.377. The highest BCUT2D eigenvalue weighted by Gasteiger charge is 2.19. The Morgan fingerprint density at radius 3 is 2.47 bits per heavy atom. The average Bonchev–Trinajstić information content (AvgIpc) is 2.50. The molecule has 1 heterocycles. The summed E-state index contributed by atoms with van der Waals surface area (Å²) in [6, 6.07) is 2.42. The van der Waals surface area contributed by atoms with Gasteiger partial charge in [0.15, 0.2) is 11.0 Å². The molecule has 0 aliphatic carbocycles. The van der Waals surface area contributed by atoms with Crippen LogP contribution in [0.4, 0.5) is 0 Å². The fraction of sp³-hybridized carbons (Fsp3) is 0. The normalized spacial score (nSPS) is 11.3. The Labute approximate surface area is 89.3 Å². The van der Waals surface area contributed by atoms with Crippen LogP contribution in [0.15, 0.2) is 21.7 Å². The summed E-state index contributed by atoms with van der Waals surface area (Å²) < 4.78 is 34.9. The van der Waals surface area contributed by atoms with Crippen molar-refractivity contribution in [3.8, 4) is 0 Å². The fourth-order valence-electron chi connectivity index (χ4n) is 1.02. The van der Waals surface area contributed by atoms with Crippen molar-refractivity contribution in [2.24, 2.45) is 0 Å². The van der Waals surface area contributed by atoms with Gasteiger partial charge in [-0.3, -0.25) is 4.55 Å². The molecular weight excluding hydrogens is 246 g/mol. The Morgan fingerprint density at radius 2 is 1.87 bits per heavy atom. The van der Waals surface area contributed by atoms with E-state index in [0.717, 1.165) is 6.07 Å². The minimum absolute atomic E-state index is 0. The Kier molecular flexibility index (Phi) is 2.95. The lowest BCUT2D eigenvalue weighted by Gasteiger charge is -1.96. The molecule has 0 fully saturated rings. The Balaban J connectivity index is 0.00000112. The number of benzene rings is 1. The molecule has 9 heteroatoms. The minimum Gasteiger partial charge on any atom is -0.369 e. The summed E-state index contributed by atoms with van der Waals surface area (Å²) in [6.07, 6.45) is 0. The number of fused-ring (bicyclic) bond motifs is 1. The third-order valence-electron chi connectivity index (χ3n) is 1.61. The molecule has 0 aliphatic rings. The number of halogens is 1. The fourth-order valence-corrected chi connectivity index (χ4v) is 1.83. The molecule has 0 bridgehead atoms. The molecule has 0 amide bonds. The monoisotopic (exact) mass is 252 g/mol. The molecule has 0 radical (unpaired) electrons. The first-order valence-electron chi connectivity index (χ1n) is 3.38. The molecule has 0 unspecified atom stereocenters. The third-order valence-corrected chi connectivity index (χ3v) is 2.80. The van der Waals surface area contributed by atoms with E-state index in [1.165, 1.54) is 6.07 Å². The molecule has 0 saturated carbocycles. The molecule has 2 rings (SSSR count). The van der Waals surface area contributed by atoms with Crippen molar-refractivity contribution in [1.29, 1.82) is 0 Å². The van der Waals surface area contributed by atoms with Crippen molar-refractivity contribution in [1.82, 2.24) is 16.5 Å². The largest absolute Gasteiger partial charge is 0.369 e. The van der Waals surface area contributed by atoms with E-state index in [1.807, 2.05) is 0 Å². The molecule has 1 aromatic carbocycles. The summed E-state index contributed by atoms with van der Waals surface area (Å²) in [7, 11) is -4.34. The van der Waals surface area contributed by atoms with Gasteiger partial charge in [0.2, 0.25) is 0 Å². The maximum atomic E-state index is 10.9. The summed E-state index contributed by atoms with van der Waals surface area (Å²) in [5, 5.41) is 6.94. The van der Waals surface area contributed by atoms with Crippen molar-refractivity contribution < 1.29 is 17.6 Å². The number of nitrogens with zero attached hydrogens (tertiary/aromatic N) is 2. The zero-order chi connectivity index (χ0) is 10.3. The summed E-state index contributed by atoms with van der Waals surface area (Å²) in [5.74, 6) is 0. The quantitative estimate of drug-likeness (QED) is 0.740. The molecule has 0 atom stereocenters. The molecule has 15 heavy (non-hydrogen) atoms. The van der Waals surface area contributed by atoms with E-state index in [2.05, 4.69) is 14.9 Å². The summed E-state index contributed by atoms with van der Waals surface area (Å²) >= 11 is 5.68. The maximum absolute atomic E-state index is 10.9. The van der Waals surface area contributed by atoms with E-state index in [4.69, 9.17) is 16.2 Å². The third kappa shape index (κ3) is 1.92. The van der Waals surface area contributed by atoms with Gasteiger partial charge in [0.25, 0.3) is 10.1 Å². The second kappa shape index (κ2) is 3.74. The number of quaternary nitrogens is 1. The first kappa shape index (κ1) is 11.9. The predicted molar refractivity (Wildman–Crippen MR) is 52.6 cm³/mol. The molecule has 0 saturated heterocycles. The summed E-state index contributed by atoms with van der Waals surface area (Å²) in [5.41, 5.74) is 0.0155. The second-order valence-corrected chi connectivity index (χ2v) is 4.28. The maximum Gasteiger partial charge on any atom is 0.296 e. The first-order chi connectivity index (χ1) is 6.50. The van der Waals surface area contributed by atoms with Crippen LogP contribution in [0.2, 0.25) is 5.02 Å². The first-order valence-corrected chi connectivity index (χ1v) is 5.20. The molecule has 2 aromatic rings. The lowest BCUT2D eigenvalue weighted by molar-refractivity contribution is 0.315. The van der Waals surface area contributed by atoms with E-state index in [1.54, 1.807) is 0 Å². The Hall–Kier alpha value is -1.22. The van der Waals surface area contributed by atoms with Crippen LogP contribution in [-0.2, 0) is 10.1 Å². The van der Waals surface area contributed by atoms with Gasteiger partial charge in [-0.15, -0.1) is 0 Å². The van der Waals surface area contributed by atoms with Gasteiger partial charge in [-0.25, -0.2) is 4.63 Å². The van der Waals surface area contributed by atoms with Gasteiger partial charge in [-0.05, 0) is 22.4 Å². The van der Waals surface area contributed by atoms with Crippen LogP contribution in [0.1, 0.15) is 0 Å². The molecule has 1 aromatic heterocycles. The predicted octanol–water partition coefficient (Wildman–Crippen LogP) is 1.50. The average molecular weight is 253 g/mol. The highest BCUT2D eigenvalue weighted by molar-refractivity contribution is 7.86. The van der Waals surface area contributed by atoms with Gasteiger partial charge in [-0.2, -0.15) is 8.42 Å². The van der Waals surface area contributed by atoms with E-state index in [-0.39, 0.29) is 27.1 Å². The van der Waals surface area contributed by atoms with Crippen molar-refractivity contribution in [2.45, 2.75) is 4.90 Å². The second-order valence-electron chi connectivity index (χ2n) is 2.48. The van der Waals surface area contributed by atoms with Gasteiger partial charge in [-0.1, -0.05) is 11.6 Å². The lowest BCUT2D eigenvalue weighted by atomic mass is 10.3. The highest BCUT2D eigenvalue weighted by Crippen LogP contribution is 2.25. The lowest BCUT2D eigenvalue weighted by Crippen LogP contribution is -1.98. The number of hydrogen-bond donors (Lipinski definition) is 2. The van der Waals surface area contributed by atoms with Crippen LogP contribution in [0, 0.1) is 0 Å². The zero-order valence-corrected chi connectivity index (χ0v) is 9.08. The van der Waals surface area contributed by atoms with Crippen LogP contribution in [-0.4, -0.2) is 23.3 Å². The van der Waals surface area contributed by atoms with E-state index >= 15 is 0 Å². The van der Waals surface area contributed by atoms with Crippen LogP contribution in [0.5, 0.6) is 0 Å². The zero-order valence-electron chi connectivity index (χ0n) is 7.51. The smallest absolute Gasteiger partial charge is 0.296 e. The van der Waals surface area contributed by atoms with Crippen LogP contribution in [0.25, 0.3) is 11.0 Å². The van der Waals surface area contributed by atoms with Crippen molar-refractivity contribution in [3.05, 3.63) is 17.2 Å². The number of rotatable bonds is 1. The van der Waals surface area contributed by atoms with E-state index in [0.29, 0.717) is 0 Å². The van der Waals surface area contributed by atoms with E-state index in [9.17, 15) is 8.42 Å².